The first-order valence-electron chi connectivity index (χ1n) is 3.83. The predicted molar refractivity (Wildman–Crippen MR) is 43.2 cm³/mol. The van der Waals surface area contributed by atoms with Gasteiger partial charge < -0.3 is 4.74 Å². The summed E-state index contributed by atoms with van der Waals surface area (Å²) >= 11 is 0. The molecule has 14 heavy (non-hydrogen) atoms. The number of nitrogens with two attached hydrogens (primary N) is 1. The molecule has 2 N–H and O–H groups in total. The number of ether oxygens (including phenoxy) is 1. The maximum absolute atomic E-state index is 11.8. The molecule has 7 heteroatoms. The van der Waals surface area contributed by atoms with Gasteiger partial charge in [0.2, 0.25) is 0 Å². The van der Waals surface area contributed by atoms with Crippen molar-refractivity contribution in [1.82, 2.24) is 5.01 Å². The van der Waals surface area contributed by atoms with Crippen molar-refractivity contribution >= 4 is 6.09 Å². The number of amides is 1. The largest absolute Gasteiger partial charge is 0.443 e. The fourth-order valence-electron chi connectivity index (χ4n) is 0.578. The van der Waals surface area contributed by atoms with Gasteiger partial charge in [-0.15, -0.1) is 0 Å². The number of hydrogen-bond donors (Lipinski definition) is 1. The fraction of sp³-hybridized carbons (Fsp3) is 0.857. The number of nitrogens with zero attached hydrogens (tertiary/aromatic N) is 1. The SMILES string of the molecule is CC(C)(C)OC(=O)N(N)CC(F)(F)F. The molecule has 0 rings (SSSR count). The summed E-state index contributed by atoms with van der Waals surface area (Å²) in [4.78, 5) is 10.9. The molecule has 0 aromatic rings. The maximum Gasteiger partial charge on any atom is 0.424 e. The van der Waals surface area contributed by atoms with Gasteiger partial charge in [0, 0.05) is 0 Å². The highest BCUT2D eigenvalue weighted by Gasteiger charge is 2.33. The van der Waals surface area contributed by atoms with Crippen molar-refractivity contribution in [3.8, 4) is 0 Å². The number of carbonyl (C=O) groups excluding carboxylic acids is 1. The molecule has 0 aromatic heterocycles. The molecule has 0 bridgehead atoms. The van der Waals surface area contributed by atoms with Crippen LogP contribution in [0, 0.1) is 0 Å². The van der Waals surface area contributed by atoms with Crippen LogP contribution in [0.2, 0.25) is 0 Å². The molecule has 0 spiro atoms. The molecule has 0 aliphatic rings. The smallest absolute Gasteiger partial charge is 0.424 e. The molecule has 4 nitrogen and oxygen atoms in total. The van der Waals surface area contributed by atoms with Crippen LogP contribution in [0.4, 0.5) is 18.0 Å². The Labute approximate surface area is 79.8 Å². The molecule has 0 saturated heterocycles. The second-order valence-electron chi connectivity index (χ2n) is 3.72. The van der Waals surface area contributed by atoms with Crippen LogP contribution in [0.25, 0.3) is 0 Å². The number of hydrogen-bond acceptors (Lipinski definition) is 3. The minimum atomic E-state index is -4.52. The molecule has 0 aliphatic heterocycles. The van der Waals surface area contributed by atoms with E-state index in [9.17, 15) is 18.0 Å². The van der Waals surface area contributed by atoms with Crippen molar-refractivity contribution in [2.24, 2.45) is 5.84 Å². The first-order chi connectivity index (χ1) is 6.01. The lowest BCUT2D eigenvalue weighted by Gasteiger charge is -2.24. The van der Waals surface area contributed by atoms with E-state index >= 15 is 0 Å². The van der Waals surface area contributed by atoms with E-state index in [2.05, 4.69) is 4.74 Å². The van der Waals surface area contributed by atoms with Gasteiger partial charge in [-0.1, -0.05) is 0 Å². The number of halogens is 3. The molecule has 0 aliphatic carbocycles. The summed E-state index contributed by atoms with van der Waals surface area (Å²) in [6.07, 6.45) is -5.72. The van der Waals surface area contributed by atoms with Crippen LogP contribution in [0.15, 0.2) is 0 Å². The molecule has 0 unspecified atom stereocenters. The minimum absolute atomic E-state index is 0.00868. The predicted octanol–water partition coefficient (Wildman–Crippen LogP) is 1.66. The first kappa shape index (κ1) is 13.0. The normalized spacial score (nSPS) is 12.5. The number of rotatable bonds is 1. The van der Waals surface area contributed by atoms with E-state index in [1.165, 1.54) is 20.8 Å². The molecule has 0 radical (unpaired) electrons. The summed E-state index contributed by atoms with van der Waals surface area (Å²) in [6.45, 7) is 3.08. The van der Waals surface area contributed by atoms with Crippen LogP contribution in [0.3, 0.4) is 0 Å². The molecule has 0 heterocycles. The first-order valence-corrected chi connectivity index (χ1v) is 3.83. The summed E-state index contributed by atoms with van der Waals surface area (Å²) in [7, 11) is 0. The molecule has 1 amide bonds. The Hall–Kier alpha value is -0.980. The molecule has 0 atom stereocenters. The second kappa shape index (κ2) is 4.04. The maximum atomic E-state index is 11.8. The average Bonchev–Trinajstić information content (AvgIpc) is 1.78. The van der Waals surface area contributed by atoms with Crippen LogP contribution >= 0.6 is 0 Å². The fourth-order valence-corrected chi connectivity index (χ4v) is 0.578. The van der Waals surface area contributed by atoms with Gasteiger partial charge in [-0.05, 0) is 20.8 Å². The van der Waals surface area contributed by atoms with Crippen molar-refractivity contribution in [1.29, 1.82) is 0 Å². The highest BCUT2D eigenvalue weighted by molar-refractivity contribution is 5.67. The Morgan fingerprint density at radius 3 is 2.07 bits per heavy atom. The minimum Gasteiger partial charge on any atom is -0.443 e. The molecular formula is C7H13F3N2O2. The molecular weight excluding hydrogens is 201 g/mol. The molecule has 0 fully saturated rings. The lowest BCUT2D eigenvalue weighted by atomic mass is 10.2. The van der Waals surface area contributed by atoms with E-state index in [1.807, 2.05) is 0 Å². The lowest BCUT2D eigenvalue weighted by Crippen LogP contribution is -2.46. The Morgan fingerprint density at radius 2 is 1.79 bits per heavy atom. The topological polar surface area (TPSA) is 55.6 Å². The van der Waals surface area contributed by atoms with Gasteiger partial charge in [-0.25, -0.2) is 15.6 Å². The highest BCUT2D eigenvalue weighted by Crippen LogP contribution is 2.16. The van der Waals surface area contributed by atoms with Crippen LogP contribution in [-0.4, -0.2) is 29.4 Å². The quantitative estimate of drug-likeness (QED) is 0.410. The van der Waals surface area contributed by atoms with Crippen LogP contribution < -0.4 is 5.84 Å². The van der Waals surface area contributed by atoms with Gasteiger partial charge in [-0.2, -0.15) is 13.2 Å². The van der Waals surface area contributed by atoms with Crippen LogP contribution in [-0.2, 0) is 4.74 Å². The molecule has 0 saturated carbocycles. The standard InChI is InChI=1S/C7H13F3N2O2/c1-6(2,3)14-5(13)12(11)4-7(8,9)10/h4,11H2,1-3H3. The Kier molecular flexibility index (Phi) is 3.75. The van der Waals surface area contributed by atoms with Crippen molar-refractivity contribution in [2.45, 2.75) is 32.5 Å². The summed E-state index contributed by atoms with van der Waals surface area (Å²) in [6, 6.07) is 0. The zero-order valence-corrected chi connectivity index (χ0v) is 8.18. The zero-order chi connectivity index (χ0) is 11.6. The summed E-state index contributed by atoms with van der Waals surface area (Å²) < 4.78 is 39.9. The molecule has 84 valence electrons. The van der Waals surface area contributed by atoms with Crippen molar-refractivity contribution in [3.63, 3.8) is 0 Å². The molecule has 0 aromatic carbocycles. The Bertz CT molecular complexity index is 210. The highest BCUT2D eigenvalue weighted by atomic mass is 19.4. The second-order valence-corrected chi connectivity index (χ2v) is 3.72. The van der Waals surface area contributed by atoms with Gasteiger partial charge in [0.15, 0.2) is 0 Å². The Balaban J connectivity index is 4.15. The van der Waals surface area contributed by atoms with Gasteiger partial charge in [0.05, 0.1) is 0 Å². The van der Waals surface area contributed by atoms with Gasteiger partial charge in [-0.3, -0.25) is 0 Å². The zero-order valence-electron chi connectivity index (χ0n) is 8.18. The van der Waals surface area contributed by atoms with E-state index in [1.54, 1.807) is 0 Å². The van der Waals surface area contributed by atoms with E-state index in [0.29, 0.717) is 0 Å². The van der Waals surface area contributed by atoms with Gasteiger partial charge in [0.1, 0.15) is 12.1 Å². The summed E-state index contributed by atoms with van der Waals surface area (Å²) in [5.41, 5.74) is -0.861. The number of alkyl halides is 3. The summed E-state index contributed by atoms with van der Waals surface area (Å²) in [5.74, 6) is 4.85. The van der Waals surface area contributed by atoms with Crippen LogP contribution in [0.5, 0.6) is 0 Å². The Morgan fingerprint density at radius 1 is 1.36 bits per heavy atom. The average molecular weight is 214 g/mol. The van der Waals surface area contributed by atoms with Gasteiger partial charge >= 0.3 is 12.3 Å². The number of carbonyl (C=O) groups is 1. The lowest BCUT2D eigenvalue weighted by molar-refractivity contribution is -0.144. The van der Waals surface area contributed by atoms with Crippen molar-refractivity contribution in [2.75, 3.05) is 6.54 Å². The van der Waals surface area contributed by atoms with E-state index in [4.69, 9.17) is 5.84 Å². The van der Waals surface area contributed by atoms with Crippen molar-refractivity contribution in [3.05, 3.63) is 0 Å². The third kappa shape index (κ3) is 6.53. The summed E-state index contributed by atoms with van der Waals surface area (Å²) in [5, 5.41) is -0.00868. The van der Waals surface area contributed by atoms with E-state index < -0.39 is 24.4 Å². The van der Waals surface area contributed by atoms with E-state index in [0.717, 1.165) is 0 Å². The number of hydrazine groups is 1. The monoisotopic (exact) mass is 214 g/mol. The van der Waals surface area contributed by atoms with E-state index in [-0.39, 0.29) is 5.01 Å². The third-order valence-electron chi connectivity index (χ3n) is 0.978. The van der Waals surface area contributed by atoms with Crippen LogP contribution in [0.1, 0.15) is 20.8 Å². The third-order valence-corrected chi connectivity index (χ3v) is 0.978. The van der Waals surface area contributed by atoms with Gasteiger partial charge in [0.25, 0.3) is 0 Å². The van der Waals surface area contributed by atoms with Crippen molar-refractivity contribution < 1.29 is 22.7 Å².